The molecule has 0 fully saturated rings. The minimum Gasteiger partial charge on any atom is -0.309 e. The van der Waals surface area contributed by atoms with Gasteiger partial charge in [0, 0.05) is 32.9 Å². The second kappa shape index (κ2) is 14.8. The van der Waals surface area contributed by atoms with Crippen molar-refractivity contribution >= 4 is 43.6 Å². The molecule has 10 aromatic carbocycles. The molecule has 2 heteroatoms. The van der Waals surface area contributed by atoms with Crippen LogP contribution in [0.1, 0.15) is 0 Å². The van der Waals surface area contributed by atoms with Gasteiger partial charge >= 0.3 is 0 Å². The van der Waals surface area contributed by atoms with Crippen LogP contribution in [0.5, 0.6) is 0 Å². The molecular weight excluding hydrogens is 749 g/mol. The Bertz CT molecular complexity index is 3310. The van der Waals surface area contributed by atoms with Crippen LogP contribution < -0.4 is 0 Å². The van der Waals surface area contributed by atoms with Gasteiger partial charge in [-0.15, -0.1) is 0 Å². The van der Waals surface area contributed by atoms with Crippen LogP contribution in [-0.4, -0.2) is 9.13 Å². The second-order valence-corrected chi connectivity index (χ2v) is 16.2. The maximum Gasteiger partial charge on any atom is 0.0541 e. The number of nitrogens with zero attached hydrogens (tertiary/aromatic N) is 2. The van der Waals surface area contributed by atoms with Gasteiger partial charge in [0.2, 0.25) is 0 Å². The molecule has 62 heavy (non-hydrogen) atoms. The first-order valence-corrected chi connectivity index (χ1v) is 21.3. The molecule has 0 unspecified atom stereocenters. The van der Waals surface area contributed by atoms with Crippen LogP contribution in [0, 0.1) is 0 Å². The molecule has 290 valence electrons. The van der Waals surface area contributed by atoms with Crippen LogP contribution in [0.25, 0.3) is 111 Å². The van der Waals surface area contributed by atoms with E-state index in [9.17, 15) is 0 Å². The van der Waals surface area contributed by atoms with E-state index in [1.54, 1.807) is 0 Å². The summed E-state index contributed by atoms with van der Waals surface area (Å²) >= 11 is 0. The SMILES string of the molecule is c1cc(-c2cccc(-c3cccc(-c4cccc(-n5c6ccccc6c6ccccc65)c4)c3)c2)cc(-c2cccc(-c3cccc(-n4c5ccccc5c5ccccc54)c3)c2)c1. The Kier molecular flexibility index (Phi) is 8.53. The maximum absolute atomic E-state index is 2.39. The van der Waals surface area contributed by atoms with E-state index < -0.39 is 0 Å². The average molecular weight is 789 g/mol. The molecule has 0 atom stereocenters. The van der Waals surface area contributed by atoms with E-state index in [-0.39, 0.29) is 0 Å². The topological polar surface area (TPSA) is 9.86 Å². The monoisotopic (exact) mass is 788 g/mol. The first kappa shape index (κ1) is 35.7. The van der Waals surface area contributed by atoms with Gasteiger partial charge in [-0.2, -0.15) is 0 Å². The van der Waals surface area contributed by atoms with Crippen molar-refractivity contribution in [3.8, 4) is 67.0 Å². The predicted molar refractivity (Wildman–Crippen MR) is 262 cm³/mol. The lowest BCUT2D eigenvalue weighted by molar-refractivity contribution is 1.18. The minimum absolute atomic E-state index is 1.16. The molecule has 12 aromatic rings. The molecule has 0 radical (unpaired) electrons. The molecule has 2 heterocycles. The summed E-state index contributed by atoms with van der Waals surface area (Å²) in [5.41, 5.74) is 19.1. The molecule has 0 saturated carbocycles. The summed E-state index contributed by atoms with van der Waals surface area (Å²) in [4.78, 5) is 0. The minimum atomic E-state index is 1.16. The van der Waals surface area contributed by atoms with Crippen molar-refractivity contribution in [2.24, 2.45) is 0 Å². The van der Waals surface area contributed by atoms with Gasteiger partial charge < -0.3 is 9.13 Å². The zero-order valence-electron chi connectivity index (χ0n) is 34.0. The highest BCUT2D eigenvalue weighted by atomic mass is 15.0. The van der Waals surface area contributed by atoms with Crippen molar-refractivity contribution in [1.29, 1.82) is 0 Å². The zero-order chi connectivity index (χ0) is 41.0. The van der Waals surface area contributed by atoms with Crippen molar-refractivity contribution < 1.29 is 0 Å². The van der Waals surface area contributed by atoms with Gasteiger partial charge in [-0.25, -0.2) is 0 Å². The van der Waals surface area contributed by atoms with E-state index in [0.29, 0.717) is 0 Å². The van der Waals surface area contributed by atoms with Gasteiger partial charge in [-0.1, -0.05) is 170 Å². The number of benzene rings is 10. The number of hydrogen-bond donors (Lipinski definition) is 0. The smallest absolute Gasteiger partial charge is 0.0541 e. The molecule has 0 saturated heterocycles. The largest absolute Gasteiger partial charge is 0.309 e. The highest BCUT2D eigenvalue weighted by Gasteiger charge is 2.15. The van der Waals surface area contributed by atoms with Crippen molar-refractivity contribution in [2.45, 2.75) is 0 Å². The summed E-state index contributed by atoms with van der Waals surface area (Å²) in [6, 6.07) is 88.4. The third kappa shape index (κ3) is 6.12. The molecule has 0 aliphatic rings. The fraction of sp³-hybridized carbons (Fsp3) is 0. The van der Waals surface area contributed by atoms with E-state index >= 15 is 0 Å². The van der Waals surface area contributed by atoms with Crippen LogP contribution in [0.4, 0.5) is 0 Å². The summed E-state index contributed by atoms with van der Waals surface area (Å²) < 4.78 is 4.77. The molecule has 2 nitrogen and oxygen atoms in total. The quantitative estimate of drug-likeness (QED) is 0.152. The average Bonchev–Trinajstić information content (AvgIpc) is 3.87. The molecule has 0 amide bonds. The molecule has 0 N–H and O–H groups in total. The third-order valence-electron chi connectivity index (χ3n) is 12.5. The normalized spacial score (nSPS) is 11.5. The van der Waals surface area contributed by atoms with Gasteiger partial charge in [-0.05, 0) is 128 Å². The first-order valence-electron chi connectivity index (χ1n) is 21.3. The van der Waals surface area contributed by atoms with E-state index in [2.05, 4.69) is 252 Å². The van der Waals surface area contributed by atoms with Gasteiger partial charge in [0.25, 0.3) is 0 Å². The number of para-hydroxylation sites is 4. The van der Waals surface area contributed by atoms with Crippen molar-refractivity contribution in [3.63, 3.8) is 0 Å². The maximum atomic E-state index is 2.39. The number of hydrogen-bond acceptors (Lipinski definition) is 0. The second-order valence-electron chi connectivity index (χ2n) is 16.2. The Morgan fingerprint density at radius 3 is 0.645 bits per heavy atom. The summed E-state index contributed by atoms with van der Waals surface area (Å²) in [5.74, 6) is 0. The van der Waals surface area contributed by atoms with Gasteiger partial charge in [0.1, 0.15) is 0 Å². The standard InChI is InChI=1S/C60H40N2/c1-5-31-57-53(27-1)54-28-2-6-32-58(54)61(57)51-25-13-23-49(39-51)47-21-11-19-45(37-47)43-17-9-15-41(35-43)42-16-10-18-44(36-42)46-20-12-22-48(38-46)50-24-14-26-52(40-50)62-59-33-7-3-29-55(59)56-30-4-8-34-60(56)62/h1-40H. The lowest BCUT2D eigenvalue weighted by Gasteiger charge is -2.12. The summed E-state index contributed by atoms with van der Waals surface area (Å²) in [6.45, 7) is 0. The third-order valence-corrected chi connectivity index (χ3v) is 12.5. The lowest BCUT2D eigenvalue weighted by atomic mass is 9.94. The Hall–Kier alpha value is -8.20. The Morgan fingerprint density at radius 2 is 0.387 bits per heavy atom. The van der Waals surface area contributed by atoms with Crippen molar-refractivity contribution in [2.75, 3.05) is 0 Å². The van der Waals surface area contributed by atoms with Gasteiger partial charge in [0.05, 0.1) is 22.1 Å². The van der Waals surface area contributed by atoms with Crippen LogP contribution >= 0.6 is 0 Å². The fourth-order valence-corrected chi connectivity index (χ4v) is 9.56. The van der Waals surface area contributed by atoms with Crippen LogP contribution in [0.15, 0.2) is 243 Å². The number of aromatic nitrogens is 2. The lowest BCUT2D eigenvalue weighted by Crippen LogP contribution is -1.94. The molecule has 0 aliphatic heterocycles. The van der Waals surface area contributed by atoms with Crippen molar-refractivity contribution in [1.82, 2.24) is 9.13 Å². The highest BCUT2D eigenvalue weighted by molar-refractivity contribution is 6.10. The Balaban J connectivity index is 0.850. The number of rotatable bonds is 7. The Labute approximate surface area is 360 Å². The van der Waals surface area contributed by atoms with E-state index in [0.717, 1.165) is 11.4 Å². The molecule has 12 rings (SSSR count). The van der Waals surface area contributed by atoms with Crippen LogP contribution in [0.3, 0.4) is 0 Å². The van der Waals surface area contributed by atoms with Gasteiger partial charge in [0.15, 0.2) is 0 Å². The van der Waals surface area contributed by atoms with Gasteiger partial charge in [-0.3, -0.25) is 0 Å². The fourth-order valence-electron chi connectivity index (χ4n) is 9.56. The summed E-state index contributed by atoms with van der Waals surface area (Å²) in [7, 11) is 0. The zero-order valence-corrected chi connectivity index (χ0v) is 34.0. The summed E-state index contributed by atoms with van der Waals surface area (Å²) in [5, 5.41) is 5.08. The van der Waals surface area contributed by atoms with Crippen LogP contribution in [0.2, 0.25) is 0 Å². The molecular formula is C60H40N2. The number of fused-ring (bicyclic) bond motifs is 6. The van der Waals surface area contributed by atoms with Crippen LogP contribution in [-0.2, 0) is 0 Å². The molecule has 0 bridgehead atoms. The Morgan fingerprint density at radius 1 is 0.177 bits per heavy atom. The predicted octanol–water partition coefficient (Wildman–Crippen LogP) is 16.2. The van der Waals surface area contributed by atoms with E-state index in [1.807, 2.05) is 0 Å². The highest BCUT2D eigenvalue weighted by Crippen LogP contribution is 2.37. The van der Waals surface area contributed by atoms with Crippen molar-refractivity contribution in [3.05, 3.63) is 243 Å². The van der Waals surface area contributed by atoms with E-state index in [1.165, 1.54) is 99.2 Å². The summed E-state index contributed by atoms with van der Waals surface area (Å²) in [6.07, 6.45) is 0. The molecule has 0 spiro atoms. The molecule has 2 aromatic heterocycles. The molecule has 0 aliphatic carbocycles. The van der Waals surface area contributed by atoms with E-state index in [4.69, 9.17) is 0 Å². The first-order chi connectivity index (χ1) is 30.7.